The number of rotatable bonds is 8. The van der Waals surface area contributed by atoms with Crippen molar-refractivity contribution in [3.63, 3.8) is 0 Å². The van der Waals surface area contributed by atoms with E-state index in [2.05, 4.69) is 23.8 Å². The van der Waals surface area contributed by atoms with Crippen molar-refractivity contribution in [2.75, 3.05) is 14.1 Å². The highest BCUT2D eigenvalue weighted by Gasteiger charge is 2.32. The second-order valence-corrected chi connectivity index (χ2v) is 9.85. The van der Waals surface area contributed by atoms with Crippen LogP contribution in [0.4, 0.5) is 0 Å². The zero-order valence-electron chi connectivity index (χ0n) is 19.1. The second kappa shape index (κ2) is 9.94. The van der Waals surface area contributed by atoms with Crippen molar-refractivity contribution in [1.82, 2.24) is 20.0 Å². The molecule has 2 amide bonds. The molecule has 0 bridgehead atoms. The van der Waals surface area contributed by atoms with Crippen LogP contribution in [-0.4, -0.2) is 52.7 Å². The summed E-state index contributed by atoms with van der Waals surface area (Å²) in [6.07, 6.45) is 9.70. The molecular weight excluding hydrogens is 378 g/mol. The molecule has 30 heavy (non-hydrogen) atoms. The Morgan fingerprint density at radius 1 is 1.20 bits per heavy atom. The maximum Gasteiger partial charge on any atom is 0.274 e. The summed E-state index contributed by atoms with van der Waals surface area (Å²) >= 11 is 0. The zero-order valence-corrected chi connectivity index (χ0v) is 19.1. The smallest absolute Gasteiger partial charge is 0.274 e. The van der Waals surface area contributed by atoms with Crippen molar-refractivity contribution in [2.24, 2.45) is 17.6 Å². The molecule has 7 nitrogen and oxygen atoms in total. The number of fused-ring (bicyclic) bond motifs is 1. The summed E-state index contributed by atoms with van der Waals surface area (Å²) < 4.78 is 2.12. The van der Waals surface area contributed by atoms with Crippen LogP contribution in [-0.2, 0) is 24.2 Å². The molecule has 0 radical (unpaired) electrons. The molecule has 2 aliphatic rings. The first-order valence-electron chi connectivity index (χ1n) is 11.6. The number of carbonyl (C=O) groups is 2. The summed E-state index contributed by atoms with van der Waals surface area (Å²) in [6, 6.07) is -0.198. The van der Waals surface area contributed by atoms with Crippen LogP contribution in [0.25, 0.3) is 0 Å². The largest absolute Gasteiger partial charge is 0.368 e. The van der Waals surface area contributed by atoms with Crippen molar-refractivity contribution < 1.29 is 9.59 Å². The van der Waals surface area contributed by atoms with Crippen LogP contribution in [0.2, 0.25) is 0 Å². The number of aromatic nitrogens is 2. The Morgan fingerprint density at radius 2 is 1.90 bits per heavy atom. The summed E-state index contributed by atoms with van der Waals surface area (Å²) in [5, 5.41) is 8.29. The van der Waals surface area contributed by atoms with E-state index in [9.17, 15) is 9.59 Å². The van der Waals surface area contributed by atoms with Gasteiger partial charge in [-0.15, -0.1) is 0 Å². The first-order valence-corrected chi connectivity index (χ1v) is 11.6. The molecule has 1 fully saturated rings. The lowest BCUT2D eigenvalue weighted by Crippen LogP contribution is -2.49. The molecule has 0 spiro atoms. The molecule has 3 rings (SSSR count). The monoisotopic (exact) mass is 417 g/mol. The highest BCUT2D eigenvalue weighted by atomic mass is 16.2. The lowest BCUT2D eigenvalue weighted by Gasteiger charge is -2.29. The van der Waals surface area contributed by atoms with Gasteiger partial charge in [0.1, 0.15) is 0 Å². The summed E-state index contributed by atoms with van der Waals surface area (Å²) in [5.74, 6) is 0.708. The Hall–Kier alpha value is -1.89. The normalized spacial score (nSPS) is 20.8. The summed E-state index contributed by atoms with van der Waals surface area (Å²) in [4.78, 5) is 26.4. The van der Waals surface area contributed by atoms with Crippen LogP contribution < -0.4 is 11.1 Å². The van der Waals surface area contributed by atoms with Crippen molar-refractivity contribution in [2.45, 2.75) is 90.3 Å². The van der Waals surface area contributed by atoms with Gasteiger partial charge >= 0.3 is 0 Å². The number of nitrogens with zero attached hydrogens (tertiary/aromatic N) is 3. The molecular formula is C23H39N5O2. The second-order valence-electron chi connectivity index (χ2n) is 9.85. The highest BCUT2D eigenvalue weighted by Crippen LogP contribution is 2.30. The molecule has 7 heteroatoms. The molecule has 1 heterocycles. The fourth-order valence-electron chi connectivity index (χ4n) is 5.00. The number of primary amides is 1. The standard InChI is InChI=1S/C23H39N5O2/c1-15(2)12-19(22(24)29)25-17-10-11-20-18(13-17)21(23(30)27(3)4)26-28(20)14-16-8-6-5-7-9-16/h15-17,19,25H,5-14H2,1-4H3,(H2,24,29)/t17?,19-/m0/s1. The Labute approximate surface area is 180 Å². The minimum absolute atomic E-state index is 0.0390. The predicted molar refractivity (Wildman–Crippen MR) is 118 cm³/mol. The van der Waals surface area contributed by atoms with Crippen molar-refractivity contribution >= 4 is 11.8 Å². The van der Waals surface area contributed by atoms with E-state index >= 15 is 0 Å². The number of hydrogen-bond acceptors (Lipinski definition) is 4. The maximum absolute atomic E-state index is 12.9. The molecule has 1 aromatic heterocycles. The quantitative estimate of drug-likeness (QED) is 0.680. The van der Waals surface area contributed by atoms with E-state index in [1.54, 1.807) is 19.0 Å². The van der Waals surface area contributed by atoms with Crippen LogP contribution in [0, 0.1) is 11.8 Å². The van der Waals surface area contributed by atoms with Gasteiger partial charge in [-0.2, -0.15) is 5.10 Å². The third-order valence-electron chi connectivity index (χ3n) is 6.60. The molecule has 1 saturated carbocycles. The molecule has 168 valence electrons. The molecule has 0 saturated heterocycles. The van der Waals surface area contributed by atoms with E-state index in [4.69, 9.17) is 10.8 Å². The first kappa shape index (κ1) is 22.8. The van der Waals surface area contributed by atoms with Gasteiger partial charge in [0.15, 0.2) is 5.69 Å². The first-order chi connectivity index (χ1) is 14.3. The summed E-state index contributed by atoms with van der Waals surface area (Å²) in [5.41, 5.74) is 8.49. The molecule has 2 atom stereocenters. The van der Waals surface area contributed by atoms with E-state index < -0.39 is 0 Å². The van der Waals surface area contributed by atoms with Crippen LogP contribution in [0.1, 0.15) is 80.5 Å². The van der Waals surface area contributed by atoms with E-state index in [0.29, 0.717) is 17.5 Å². The topological polar surface area (TPSA) is 93.2 Å². The van der Waals surface area contributed by atoms with E-state index in [1.165, 1.54) is 37.8 Å². The fourth-order valence-corrected chi connectivity index (χ4v) is 5.00. The lowest BCUT2D eigenvalue weighted by atomic mass is 9.88. The lowest BCUT2D eigenvalue weighted by molar-refractivity contribution is -0.120. The minimum atomic E-state index is -0.332. The number of nitrogens with one attached hydrogen (secondary N) is 1. The van der Waals surface area contributed by atoms with Crippen LogP contribution in [0.5, 0.6) is 0 Å². The Balaban J connectivity index is 1.81. The Kier molecular flexibility index (Phi) is 7.55. The predicted octanol–water partition coefficient (Wildman–Crippen LogP) is 2.51. The maximum atomic E-state index is 12.9. The van der Waals surface area contributed by atoms with Crippen LogP contribution in [0.3, 0.4) is 0 Å². The summed E-state index contributed by atoms with van der Waals surface area (Å²) in [7, 11) is 3.55. The van der Waals surface area contributed by atoms with Gasteiger partial charge in [0, 0.05) is 37.9 Å². The molecule has 1 aromatic rings. The van der Waals surface area contributed by atoms with Crippen LogP contribution >= 0.6 is 0 Å². The zero-order chi connectivity index (χ0) is 21.8. The van der Waals surface area contributed by atoms with Crippen molar-refractivity contribution in [3.8, 4) is 0 Å². The Morgan fingerprint density at radius 3 is 2.50 bits per heavy atom. The highest BCUT2D eigenvalue weighted by molar-refractivity contribution is 5.93. The third kappa shape index (κ3) is 5.42. The number of hydrogen-bond donors (Lipinski definition) is 2. The van der Waals surface area contributed by atoms with Crippen molar-refractivity contribution in [3.05, 3.63) is 17.0 Å². The average molecular weight is 418 g/mol. The van der Waals surface area contributed by atoms with Crippen LogP contribution in [0.15, 0.2) is 0 Å². The fraction of sp³-hybridized carbons (Fsp3) is 0.783. The molecule has 0 aromatic carbocycles. The van der Waals surface area contributed by atoms with Gasteiger partial charge in [0.25, 0.3) is 5.91 Å². The average Bonchev–Trinajstić information content (AvgIpc) is 3.04. The van der Waals surface area contributed by atoms with Gasteiger partial charge in [-0.3, -0.25) is 14.3 Å². The van der Waals surface area contributed by atoms with E-state index in [-0.39, 0.29) is 23.9 Å². The number of carbonyl (C=O) groups excluding carboxylic acids is 2. The van der Waals surface area contributed by atoms with E-state index in [1.807, 2.05) is 0 Å². The van der Waals surface area contributed by atoms with Crippen molar-refractivity contribution in [1.29, 1.82) is 0 Å². The molecule has 1 unspecified atom stereocenters. The molecule has 3 N–H and O–H groups in total. The van der Waals surface area contributed by atoms with Gasteiger partial charge in [-0.1, -0.05) is 33.1 Å². The van der Waals surface area contributed by atoms with Gasteiger partial charge in [-0.25, -0.2) is 0 Å². The number of nitrogens with two attached hydrogens (primary N) is 1. The third-order valence-corrected chi connectivity index (χ3v) is 6.60. The van der Waals surface area contributed by atoms with Gasteiger partial charge in [-0.05, 0) is 50.4 Å². The van der Waals surface area contributed by atoms with Gasteiger partial charge < -0.3 is 16.0 Å². The van der Waals surface area contributed by atoms with Gasteiger partial charge in [0.2, 0.25) is 5.91 Å². The number of amides is 2. The minimum Gasteiger partial charge on any atom is -0.368 e. The molecule has 2 aliphatic carbocycles. The van der Waals surface area contributed by atoms with E-state index in [0.717, 1.165) is 37.8 Å². The SMILES string of the molecule is CC(C)C[C@H](NC1CCc2c(c(C(=O)N(C)C)nn2CC2CCCCC2)C1)C(N)=O. The van der Waals surface area contributed by atoms with Gasteiger partial charge in [0.05, 0.1) is 6.04 Å². The Bertz CT molecular complexity index is 749. The molecule has 0 aliphatic heterocycles. The summed E-state index contributed by atoms with van der Waals surface area (Å²) in [6.45, 7) is 5.11.